The van der Waals surface area contributed by atoms with Crippen LogP contribution in [0, 0.1) is 5.92 Å². The molecule has 1 saturated carbocycles. The lowest BCUT2D eigenvalue weighted by atomic mass is 9.99. The Kier molecular flexibility index (Phi) is 6.18. The molecule has 4 rings (SSSR count). The fraction of sp³-hybridized carbons (Fsp3) is 0.632. The van der Waals surface area contributed by atoms with E-state index >= 15 is 0 Å². The average molecular weight is 458 g/mol. The van der Waals surface area contributed by atoms with Gasteiger partial charge in [-0.2, -0.15) is 8.61 Å². The van der Waals surface area contributed by atoms with Crippen LogP contribution < -0.4 is 5.32 Å². The number of piperidine rings is 1. The minimum absolute atomic E-state index is 0.0340. The highest BCUT2D eigenvalue weighted by molar-refractivity contribution is 7.89. The molecule has 1 aliphatic carbocycles. The summed E-state index contributed by atoms with van der Waals surface area (Å²) in [6.07, 6.45) is 3.26. The lowest BCUT2D eigenvalue weighted by molar-refractivity contribution is -0.126. The Morgan fingerprint density at radius 1 is 0.867 bits per heavy atom. The molecule has 3 fully saturated rings. The third-order valence-corrected chi connectivity index (χ3v) is 9.54. The van der Waals surface area contributed by atoms with E-state index in [1.165, 1.54) is 32.9 Å². The molecule has 1 unspecified atom stereocenters. The summed E-state index contributed by atoms with van der Waals surface area (Å²) in [6.45, 7) is 1.74. The van der Waals surface area contributed by atoms with Crippen LogP contribution in [0.25, 0.3) is 0 Å². The fourth-order valence-electron chi connectivity index (χ4n) is 3.79. The molecule has 1 aromatic carbocycles. The first kappa shape index (κ1) is 21.7. The number of carbonyl (C=O) groups is 1. The van der Waals surface area contributed by atoms with Crippen LogP contribution in [0.3, 0.4) is 0 Å². The molecule has 1 N–H and O–H groups in total. The van der Waals surface area contributed by atoms with Crippen molar-refractivity contribution < 1.29 is 26.4 Å². The maximum absolute atomic E-state index is 13.1. The number of nitrogens with zero attached hydrogens (tertiary/aromatic N) is 2. The van der Waals surface area contributed by atoms with Crippen LogP contribution >= 0.6 is 0 Å². The Labute approximate surface area is 177 Å². The van der Waals surface area contributed by atoms with Crippen molar-refractivity contribution in [2.45, 2.75) is 41.5 Å². The highest BCUT2D eigenvalue weighted by atomic mass is 32.2. The van der Waals surface area contributed by atoms with E-state index in [1.807, 2.05) is 0 Å². The average Bonchev–Trinajstić information content (AvgIpc) is 3.58. The van der Waals surface area contributed by atoms with Gasteiger partial charge in [0.1, 0.15) is 0 Å². The van der Waals surface area contributed by atoms with Crippen molar-refractivity contribution in [2.24, 2.45) is 5.92 Å². The molecular formula is C19H27N3O6S2. The van der Waals surface area contributed by atoms with Gasteiger partial charge in [-0.15, -0.1) is 0 Å². The Morgan fingerprint density at radius 2 is 1.43 bits per heavy atom. The molecule has 1 atom stereocenters. The highest BCUT2D eigenvalue weighted by Gasteiger charge is 2.35. The van der Waals surface area contributed by atoms with Crippen LogP contribution in [0.5, 0.6) is 0 Å². The maximum atomic E-state index is 13.1. The van der Waals surface area contributed by atoms with Gasteiger partial charge in [0.2, 0.25) is 26.0 Å². The molecule has 2 saturated heterocycles. The number of nitrogens with one attached hydrogen (secondary N) is 1. The fourth-order valence-corrected chi connectivity index (χ4v) is 6.72. The van der Waals surface area contributed by atoms with Crippen LogP contribution in [-0.4, -0.2) is 76.8 Å². The van der Waals surface area contributed by atoms with Gasteiger partial charge in [-0.25, -0.2) is 16.8 Å². The van der Waals surface area contributed by atoms with Crippen molar-refractivity contribution in [3.05, 3.63) is 24.3 Å². The zero-order valence-electron chi connectivity index (χ0n) is 16.7. The van der Waals surface area contributed by atoms with Crippen LogP contribution in [0.4, 0.5) is 0 Å². The minimum atomic E-state index is -3.80. The molecule has 0 aromatic heterocycles. The summed E-state index contributed by atoms with van der Waals surface area (Å²) in [5, 5.41) is 2.95. The molecule has 0 radical (unpaired) electrons. The number of morpholine rings is 1. The number of sulfonamides is 2. The Hall–Kier alpha value is -1.53. The second-order valence-corrected chi connectivity index (χ2v) is 11.8. The standard InChI is InChI=1S/C19H27N3O6S2/c23-19(20-16-3-4-16)15-2-1-9-22(14-15)30(26,27)18-7-5-17(6-8-18)29(24,25)21-10-12-28-13-11-21/h5-8,15-16H,1-4,9-14H2,(H,20,23). The SMILES string of the molecule is O=C(NC1CC1)C1CCCN(S(=O)(=O)c2ccc(S(=O)(=O)N3CCOCC3)cc2)C1. The summed E-state index contributed by atoms with van der Waals surface area (Å²) in [6, 6.07) is 5.57. The van der Waals surface area contributed by atoms with E-state index in [-0.39, 0.29) is 47.3 Å². The molecule has 3 aliphatic rings. The molecular weight excluding hydrogens is 430 g/mol. The van der Waals surface area contributed by atoms with E-state index in [2.05, 4.69) is 5.32 Å². The zero-order valence-corrected chi connectivity index (χ0v) is 18.3. The van der Waals surface area contributed by atoms with Gasteiger partial charge < -0.3 is 10.1 Å². The smallest absolute Gasteiger partial charge is 0.243 e. The zero-order chi connectivity index (χ0) is 21.4. The van der Waals surface area contributed by atoms with Gasteiger partial charge in [0.05, 0.1) is 28.9 Å². The lowest BCUT2D eigenvalue weighted by Gasteiger charge is -2.31. The molecule has 2 heterocycles. The number of hydrogen-bond donors (Lipinski definition) is 1. The number of amides is 1. The molecule has 11 heteroatoms. The van der Waals surface area contributed by atoms with Crippen LogP contribution in [0.2, 0.25) is 0 Å². The van der Waals surface area contributed by atoms with Gasteiger partial charge in [-0.05, 0) is 49.9 Å². The molecule has 30 heavy (non-hydrogen) atoms. The van der Waals surface area contributed by atoms with Gasteiger partial charge in [0.25, 0.3) is 0 Å². The molecule has 2 aliphatic heterocycles. The molecule has 1 aromatic rings. The highest BCUT2D eigenvalue weighted by Crippen LogP contribution is 2.27. The number of carbonyl (C=O) groups excluding carboxylic acids is 1. The van der Waals surface area contributed by atoms with E-state index in [9.17, 15) is 21.6 Å². The monoisotopic (exact) mass is 457 g/mol. The summed E-state index contributed by atoms with van der Waals surface area (Å²) in [5.41, 5.74) is 0. The third kappa shape index (κ3) is 4.54. The minimum Gasteiger partial charge on any atom is -0.379 e. The van der Waals surface area contributed by atoms with Crippen molar-refractivity contribution in [3.8, 4) is 0 Å². The quantitative estimate of drug-likeness (QED) is 0.661. The first-order valence-corrected chi connectivity index (χ1v) is 13.1. The second-order valence-electron chi connectivity index (χ2n) is 7.97. The van der Waals surface area contributed by atoms with Crippen molar-refractivity contribution in [2.75, 3.05) is 39.4 Å². The number of rotatable bonds is 6. The van der Waals surface area contributed by atoms with E-state index in [4.69, 9.17) is 4.74 Å². The number of ether oxygens (including phenoxy) is 1. The van der Waals surface area contributed by atoms with E-state index in [0.29, 0.717) is 32.6 Å². The van der Waals surface area contributed by atoms with E-state index < -0.39 is 20.0 Å². The predicted molar refractivity (Wildman–Crippen MR) is 109 cm³/mol. The second kappa shape index (κ2) is 8.54. The summed E-state index contributed by atoms with van der Waals surface area (Å²) in [4.78, 5) is 12.4. The molecule has 0 spiro atoms. The normalized spacial score (nSPS) is 24.5. The topological polar surface area (TPSA) is 113 Å². The summed E-state index contributed by atoms with van der Waals surface area (Å²) < 4.78 is 59.5. The van der Waals surface area contributed by atoms with Gasteiger partial charge in [0.15, 0.2) is 0 Å². The summed E-state index contributed by atoms with van der Waals surface area (Å²) >= 11 is 0. The molecule has 0 bridgehead atoms. The molecule has 166 valence electrons. The van der Waals surface area contributed by atoms with Crippen LogP contribution in [-0.2, 0) is 29.6 Å². The van der Waals surface area contributed by atoms with Gasteiger partial charge in [-0.3, -0.25) is 4.79 Å². The first-order valence-electron chi connectivity index (χ1n) is 10.3. The van der Waals surface area contributed by atoms with Gasteiger partial charge in [-0.1, -0.05) is 0 Å². The van der Waals surface area contributed by atoms with Crippen molar-refractivity contribution in [1.29, 1.82) is 0 Å². The largest absolute Gasteiger partial charge is 0.379 e. The summed E-state index contributed by atoms with van der Waals surface area (Å²) in [5.74, 6) is -0.431. The Balaban J connectivity index is 1.47. The van der Waals surface area contributed by atoms with Crippen molar-refractivity contribution >= 4 is 26.0 Å². The Morgan fingerprint density at radius 3 is 2.00 bits per heavy atom. The summed E-state index contributed by atoms with van der Waals surface area (Å²) in [7, 11) is -7.49. The number of benzene rings is 1. The predicted octanol–water partition coefficient (Wildman–Crippen LogP) is 0.387. The van der Waals surface area contributed by atoms with Gasteiger partial charge in [0, 0.05) is 32.2 Å². The van der Waals surface area contributed by atoms with Gasteiger partial charge >= 0.3 is 0 Å². The van der Waals surface area contributed by atoms with Crippen molar-refractivity contribution in [1.82, 2.24) is 13.9 Å². The first-order chi connectivity index (χ1) is 14.3. The molecule has 9 nitrogen and oxygen atoms in total. The third-order valence-electron chi connectivity index (χ3n) is 5.75. The number of hydrogen-bond acceptors (Lipinski definition) is 6. The maximum Gasteiger partial charge on any atom is 0.243 e. The van der Waals surface area contributed by atoms with Crippen molar-refractivity contribution in [3.63, 3.8) is 0 Å². The van der Waals surface area contributed by atoms with Crippen LogP contribution in [0.1, 0.15) is 25.7 Å². The Bertz CT molecular complexity index is 984. The van der Waals surface area contributed by atoms with Crippen LogP contribution in [0.15, 0.2) is 34.1 Å². The molecule has 1 amide bonds. The van der Waals surface area contributed by atoms with E-state index in [1.54, 1.807) is 0 Å². The van der Waals surface area contributed by atoms with E-state index in [0.717, 1.165) is 12.8 Å². The lowest BCUT2D eigenvalue weighted by Crippen LogP contribution is -2.45.